The third kappa shape index (κ3) is 2.35. The molecular weight excluding hydrogens is 274 g/mol. The van der Waals surface area contributed by atoms with Crippen LogP contribution >= 0.6 is 0 Å². The smallest absolute Gasteiger partial charge is 0.253 e. The Morgan fingerprint density at radius 2 is 1.95 bits per heavy atom. The van der Waals surface area contributed by atoms with Gasteiger partial charge in [-0.3, -0.25) is 14.7 Å². The van der Waals surface area contributed by atoms with Crippen molar-refractivity contribution in [1.82, 2.24) is 10.2 Å². The van der Waals surface area contributed by atoms with E-state index >= 15 is 0 Å². The molecule has 22 heavy (non-hydrogen) atoms. The van der Waals surface area contributed by atoms with Gasteiger partial charge in [0, 0.05) is 6.54 Å². The first-order chi connectivity index (χ1) is 10.8. The summed E-state index contributed by atoms with van der Waals surface area (Å²) >= 11 is 0. The molecule has 4 nitrogen and oxygen atoms in total. The molecular formula is C18H23N3O. The Hall–Kier alpha value is -1.68. The van der Waals surface area contributed by atoms with E-state index in [4.69, 9.17) is 4.99 Å². The van der Waals surface area contributed by atoms with E-state index in [9.17, 15) is 4.79 Å². The normalized spacial score (nSPS) is 27.4. The van der Waals surface area contributed by atoms with Gasteiger partial charge in [0.05, 0.1) is 6.04 Å². The van der Waals surface area contributed by atoms with Crippen LogP contribution in [0.15, 0.2) is 35.3 Å². The quantitative estimate of drug-likeness (QED) is 0.931. The molecule has 1 aliphatic carbocycles. The number of amidine groups is 1. The van der Waals surface area contributed by atoms with Crippen LogP contribution < -0.4 is 5.32 Å². The number of rotatable bonds is 3. The molecule has 0 bridgehead atoms. The first-order valence-electron chi connectivity index (χ1n) is 8.46. The SMILES string of the molecule is O=C1NC([C@H]2CCCN2Cc2ccccc2)=NC12CCCC2. The van der Waals surface area contributed by atoms with E-state index in [1.165, 1.54) is 12.0 Å². The molecule has 2 fully saturated rings. The maximum atomic E-state index is 12.4. The Labute approximate surface area is 131 Å². The highest BCUT2D eigenvalue weighted by Gasteiger charge is 2.47. The highest BCUT2D eigenvalue weighted by molar-refractivity contribution is 6.10. The van der Waals surface area contributed by atoms with Crippen LogP contribution in [0.2, 0.25) is 0 Å². The average molecular weight is 297 g/mol. The third-order valence-electron chi connectivity index (χ3n) is 5.34. The molecule has 3 aliphatic rings. The van der Waals surface area contributed by atoms with E-state index in [0.717, 1.165) is 51.0 Å². The predicted octanol–water partition coefficient (Wildman–Crippen LogP) is 2.49. The average Bonchev–Trinajstić information content (AvgIpc) is 3.23. The lowest BCUT2D eigenvalue weighted by Gasteiger charge is -2.24. The van der Waals surface area contributed by atoms with Gasteiger partial charge < -0.3 is 5.32 Å². The number of nitrogens with one attached hydrogen (secondary N) is 1. The summed E-state index contributed by atoms with van der Waals surface area (Å²) in [6.45, 7) is 2.02. The fourth-order valence-electron chi connectivity index (χ4n) is 4.14. The van der Waals surface area contributed by atoms with E-state index in [1.54, 1.807) is 0 Å². The van der Waals surface area contributed by atoms with Gasteiger partial charge in [0.15, 0.2) is 0 Å². The second-order valence-electron chi connectivity index (χ2n) is 6.80. The molecule has 0 unspecified atom stereocenters. The molecule has 1 saturated heterocycles. The van der Waals surface area contributed by atoms with E-state index in [0.29, 0.717) is 0 Å². The van der Waals surface area contributed by atoms with Crippen LogP contribution in [-0.2, 0) is 11.3 Å². The van der Waals surface area contributed by atoms with Crippen LogP contribution in [0.25, 0.3) is 0 Å². The Balaban J connectivity index is 1.53. The highest BCUT2D eigenvalue weighted by atomic mass is 16.2. The zero-order valence-corrected chi connectivity index (χ0v) is 12.9. The van der Waals surface area contributed by atoms with Gasteiger partial charge in [0.25, 0.3) is 5.91 Å². The topological polar surface area (TPSA) is 44.7 Å². The van der Waals surface area contributed by atoms with E-state index in [2.05, 4.69) is 40.5 Å². The van der Waals surface area contributed by atoms with Crippen molar-refractivity contribution in [2.24, 2.45) is 4.99 Å². The number of carbonyl (C=O) groups excluding carboxylic acids is 1. The summed E-state index contributed by atoms with van der Waals surface area (Å²) in [5, 5.41) is 3.11. The highest BCUT2D eigenvalue weighted by Crippen LogP contribution is 2.37. The van der Waals surface area contributed by atoms with Gasteiger partial charge in [-0.05, 0) is 37.8 Å². The van der Waals surface area contributed by atoms with Crippen LogP contribution in [-0.4, -0.2) is 34.8 Å². The summed E-state index contributed by atoms with van der Waals surface area (Å²) in [7, 11) is 0. The Kier molecular flexibility index (Phi) is 3.49. The van der Waals surface area contributed by atoms with Crippen LogP contribution in [0.4, 0.5) is 0 Å². The summed E-state index contributed by atoms with van der Waals surface area (Å²) in [6.07, 6.45) is 6.38. The molecule has 0 radical (unpaired) electrons. The fourth-order valence-corrected chi connectivity index (χ4v) is 4.14. The molecule has 1 aromatic carbocycles. The standard InChI is InChI=1S/C18H23N3O/c22-17-18(10-4-5-11-18)20-16(19-17)15-9-6-12-21(15)13-14-7-2-1-3-8-14/h1-3,7-8,15H,4-6,9-13H2,(H,19,20,22)/t15-/m1/s1. The molecule has 1 amide bonds. The van der Waals surface area contributed by atoms with Crippen LogP contribution in [0.1, 0.15) is 44.1 Å². The molecule has 1 atom stereocenters. The predicted molar refractivity (Wildman–Crippen MR) is 86.7 cm³/mol. The summed E-state index contributed by atoms with van der Waals surface area (Å²) in [6, 6.07) is 10.8. The lowest BCUT2D eigenvalue weighted by atomic mass is 9.99. The zero-order valence-electron chi connectivity index (χ0n) is 12.9. The molecule has 2 heterocycles. The molecule has 4 rings (SSSR count). The monoisotopic (exact) mass is 297 g/mol. The van der Waals surface area contributed by atoms with Crippen molar-refractivity contribution in [3.8, 4) is 0 Å². The maximum Gasteiger partial charge on any atom is 0.253 e. The summed E-state index contributed by atoms with van der Waals surface area (Å²) in [5.41, 5.74) is 0.908. The maximum absolute atomic E-state index is 12.4. The van der Waals surface area contributed by atoms with Crippen LogP contribution in [0, 0.1) is 0 Å². The van der Waals surface area contributed by atoms with Crippen molar-refractivity contribution in [3.05, 3.63) is 35.9 Å². The minimum Gasteiger partial charge on any atom is -0.311 e. The number of aliphatic imine (C=N–C) groups is 1. The Morgan fingerprint density at radius 1 is 1.18 bits per heavy atom. The molecule has 1 N–H and O–H groups in total. The second-order valence-corrected chi connectivity index (χ2v) is 6.80. The third-order valence-corrected chi connectivity index (χ3v) is 5.34. The first kappa shape index (κ1) is 13.9. The molecule has 4 heteroatoms. The summed E-state index contributed by atoms with van der Waals surface area (Å²) in [5.74, 6) is 1.08. The lowest BCUT2D eigenvalue weighted by molar-refractivity contribution is -0.123. The number of nitrogens with zero attached hydrogens (tertiary/aromatic N) is 2. The Morgan fingerprint density at radius 3 is 2.73 bits per heavy atom. The number of likely N-dealkylation sites (tertiary alicyclic amines) is 1. The van der Waals surface area contributed by atoms with Crippen molar-refractivity contribution in [1.29, 1.82) is 0 Å². The Bertz CT molecular complexity index is 590. The molecule has 2 aliphatic heterocycles. The van der Waals surface area contributed by atoms with E-state index in [1.807, 2.05) is 0 Å². The molecule has 116 valence electrons. The van der Waals surface area contributed by atoms with Crippen molar-refractivity contribution in [3.63, 3.8) is 0 Å². The van der Waals surface area contributed by atoms with Gasteiger partial charge >= 0.3 is 0 Å². The minimum absolute atomic E-state index is 0.145. The van der Waals surface area contributed by atoms with Gasteiger partial charge in [-0.15, -0.1) is 0 Å². The van der Waals surface area contributed by atoms with Crippen molar-refractivity contribution in [2.45, 2.75) is 56.7 Å². The molecule has 0 aromatic heterocycles. The molecule has 1 spiro atoms. The van der Waals surface area contributed by atoms with Gasteiger partial charge in [-0.2, -0.15) is 0 Å². The van der Waals surface area contributed by atoms with Gasteiger partial charge in [-0.25, -0.2) is 0 Å². The van der Waals surface area contributed by atoms with Crippen molar-refractivity contribution < 1.29 is 4.79 Å². The number of carbonyl (C=O) groups is 1. The van der Waals surface area contributed by atoms with Crippen LogP contribution in [0.5, 0.6) is 0 Å². The summed E-state index contributed by atoms with van der Waals surface area (Å²) < 4.78 is 0. The second kappa shape index (κ2) is 5.51. The van der Waals surface area contributed by atoms with Gasteiger partial charge in [-0.1, -0.05) is 43.2 Å². The first-order valence-corrected chi connectivity index (χ1v) is 8.46. The number of amides is 1. The van der Waals surface area contributed by atoms with Crippen molar-refractivity contribution in [2.75, 3.05) is 6.54 Å². The number of hydrogen-bond donors (Lipinski definition) is 1. The number of benzene rings is 1. The van der Waals surface area contributed by atoms with E-state index < -0.39 is 5.54 Å². The van der Waals surface area contributed by atoms with E-state index in [-0.39, 0.29) is 11.9 Å². The fraction of sp³-hybridized carbons (Fsp3) is 0.556. The minimum atomic E-state index is -0.420. The van der Waals surface area contributed by atoms with Crippen LogP contribution in [0.3, 0.4) is 0 Å². The lowest BCUT2D eigenvalue weighted by Crippen LogP contribution is -2.43. The van der Waals surface area contributed by atoms with Gasteiger partial charge in [0.1, 0.15) is 11.4 Å². The number of hydrogen-bond acceptors (Lipinski definition) is 3. The van der Waals surface area contributed by atoms with Gasteiger partial charge in [0.2, 0.25) is 0 Å². The molecule has 1 aromatic rings. The zero-order chi connectivity index (χ0) is 15.0. The largest absolute Gasteiger partial charge is 0.311 e. The summed E-state index contributed by atoms with van der Waals surface area (Å²) in [4.78, 5) is 19.7. The van der Waals surface area contributed by atoms with Crippen molar-refractivity contribution >= 4 is 11.7 Å². The molecule has 1 saturated carbocycles.